The zero-order valence-electron chi connectivity index (χ0n) is 16.3. The second kappa shape index (κ2) is 13.4. The van der Waals surface area contributed by atoms with Gasteiger partial charge in [-0.3, -0.25) is 18.7 Å². The summed E-state index contributed by atoms with van der Waals surface area (Å²) in [5, 5.41) is 7.10. The summed E-state index contributed by atoms with van der Waals surface area (Å²) in [6, 6.07) is 0. The van der Waals surface area contributed by atoms with Gasteiger partial charge in [-0.25, -0.2) is 0 Å². The summed E-state index contributed by atoms with van der Waals surface area (Å²) in [7, 11) is -8.05. The predicted molar refractivity (Wildman–Crippen MR) is 98.0 cm³/mol. The van der Waals surface area contributed by atoms with E-state index in [4.69, 9.17) is 27.9 Å². The average Bonchev–Trinajstić information content (AvgIpc) is 2.57. The largest absolute Gasteiger partial charge is 0.481 e. The highest BCUT2D eigenvalue weighted by Crippen LogP contribution is 2.71. The molecule has 0 fully saturated rings. The lowest BCUT2D eigenvalue weighted by Gasteiger charge is -2.30. The van der Waals surface area contributed by atoms with Crippen molar-refractivity contribution in [3.8, 4) is 0 Å². The number of rotatable bonds is 16. The van der Waals surface area contributed by atoms with E-state index in [2.05, 4.69) is 0 Å². The van der Waals surface area contributed by atoms with Crippen LogP contribution in [0.3, 0.4) is 0 Å². The summed E-state index contributed by atoms with van der Waals surface area (Å²) in [4.78, 5) is 22.7. The molecule has 0 saturated heterocycles. The molecule has 0 heterocycles. The van der Waals surface area contributed by atoms with E-state index in [-0.39, 0.29) is 45.9 Å². The van der Waals surface area contributed by atoms with Gasteiger partial charge in [0.15, 0.2) is 5.40 Å². The van der Waals surface area contributed by atoms with Gasteiger partial charge in [0.1, 0.15) is 0 Å². The Labute approximate surface area is 159 Å². The molecule has 0 aliphatic rings. The molecule has 0 atom stereocenters. The molecule has 0 rings (SSSR count). The molecule has 0 aromatic rings. The van der Waals surface area contributed by atoms with Crippen LogP contribution in [0.2, 0.25) is 0 Å². The monoisotopic (exact) mass is 432 g/mol. The van der Waals surface area contributed by atoms with E-state index in [0.717, 1.165) is 0 Å². The average molecular weight is 432 g/mol. The van der Waals surface area contributed by atoms with Crippen LogP contribution >= 0.6 is 15.2 Å². The first-order valence-corrected chi connectivity index (χ1v) is 12.1. The molecule has 0 unspecified atom stereocenters. The van der Waals surface area contributed by atoms with E-state index in [1.165, 1.54) is 0 Å². The van der Waals surface area contributed by atoms with Crippen molar-refractivity contribution in [3.63, 3.8) is 0 Å². The standard InChI is InChI=1S/C15H30O10P2/c1-5-22-26(19,23-6-2)15(27(20,24-7-3)25-8-4)12-14(18)21-11-9-10-13(16)17/h15H,5-12H2,1-4H3,(H,16,17). The molecule has 0 aromatic heterocycles. The lowest BCUT2D eigenvalue weighted by Crippen LogP contribution is -2.22. The molecule has 1 N–H and O–H groups in total. The van der Waals surface area contributed by atoms with Crippen LogP contribution in [0.15, 0.2) is 0 Å². The van der Waals surface area contributed by atoms with Crippen molar-refractivity contribution in [3.05, 3.63) is 0 Å². The Morgan fingerprint density at radius 2 is 1.26 bits per heavy atom. The molecule has 0 aliphatic heterocycles. The quantitative estimate of drug-likeness (QED) is 0.219. The number of carboxylic acids is 1. The number of esters is 1. The lowest BCUT2D eigenvalue weighted by molar-refractivity contribution is -0.145. The topological polar surface area (TPSA) is 135 Å². The summed E-state index contributed by atoms with van der Waals surface area (Å²) < 4.78 is 52.3. The molecular weight excluding hydrogens is 402 g/mol. The Balaban J connectivity index is 5.50. The molecule has 0 bridgehead atoms. The number of ether oxygens (including phenoxy) is 1. The van der Waals surface area contributed by atoms with Crippen LogP contribution in [0.5, 0.6) is 0 Å². The van der Waals surface area contributed by atoms with E-state index >= 15 is 0 Å². The Hall–Kier alpha value is -0.760. The van der Waals surface area contributed by atoms with Gasteiger partial charge >= 0.3 is 27.1 Å². The van der Waals surface area contributed by atoms with Gasteiger partial charge in [0, 0.05) is 6.42 Å². The van der Waals surface area contributed by atoms with Crippen LogP contribution in [0.25, 0.3) is 0 Å². The molecule has 0 saturated carbocycles. The third kappa shape index (κ3) is 9.32. The molecule has 0 amide bonds. The molecular formula is C15H30O10P2. The third-order valence-corrected chi connectivity index (χ3v) is 9.11. The van der Waals surface area contributed by atoms with Gasteiger partial charge in [-0.1, -0.05) is 0 Å². The van der Waals surface area contributed by atoms with Gasteiger partial charge in [0.05, 0.1) is 39.5 Å². The number of hydrogen-bond acceptors (Lipinski definition) is 9. The molecule has 0 spiro atoms. The van der Waals surface area contributed by atoms with Crippen LogP contribution in [-0.2, 0) is 41.6 Å². The number of aliphatic carboxylic acids is 1. The van der Waals surface area contributed by atoms with Crippen molar-refractivity contribution >= 4 is 27.1 Å². The lowest BCUT2D eigenvalue weighted by atomic mass is 10.3. The minimum absolute atomic E-state index is 0.000311. The normalized spacial score (nSPS) is 12.3. The zero-order chi connectivity index (χ0) is 20.9. The summed E-state index contributed by atoms with van der Waals surface area (Å²) >= 11 is 0. The molecule has 0 aliphatic carbocycles. The predicted octanol–water partition coefficient (Wildman–Crippen LogP) is 3.64. The van der Waals surface area contributed by atoms with Crippen molar-refractivity contribution in [2.24, 2.45) is 0 Å². The second-order valence-corrected chi connectivity index (χ2v) is 10.00. The second-order valence-electron chi connectivity index (χ2n) is 5.15. The fraction of sp³-hybridized carbons (Fsp3) is 0.867. The van der Waals surface area contributed by atoms with E-state index < -0.39 is 39.0 Å². The summed E-state index contributed by atoms with van der Waals surface area (Å²) in [6.07, 6.45) is -0.625. The van der Waals surface area contributed by atoms with Gasteiger partial charge < -0.3 is 27.9 Å². The number of hydrogen-bond donors (Lipinski definition) is 1. The maximum atomic E-state index is 13.2. The van der Waals surface area contributed by atoms with E-state index in [0.29, 0.717) is 0 Å². The van der Waals surface area contributed by atoms with Crippen LogP contribution < -0.4 is 0 Å². The number of carbonyl (C=O) groups excluding carboxylic acids is 1. The van der Waals surface area contributed by atoms with Gasteiger partial charge in [-0.2, -0.15) is 0 Å². The first-order chi connectivity index (χ1) is 12.7. The van der Waals surface area contributed by atoms with Gasteiger partial charge in [0.25, 0.3) is 0 Å². The fourth-order valence-electron chi connectivity index (χ4n) is 2.15. The Bertz CT molecular complexity index is 501. The molecule has 0 aromatic carbocycles. The molecule has 27 heavy (non-hydrogen) atoms. The minimum Gasteiger partial charge on any atom is -0.481 e. The molecule has 12 heteroatoms. The minimum atomic E-state index is -4.03. The van der Waals surface area contributed by atoms with E-state index in [1.54, 1.807) is 27.7 Å². The molecule has 0 radical (unpaired) electrons. The van der Waals surface area contributed by atoms with Crippen molar-refractivity contribution in [2.45, 2.75) is 52.4 Å². The fourth-order valence-corrected chi connectivity index (χ4v) is 7.36. The van der Waals surface area contributed by atoms with E-state index in [9.17, 15) is 18.7 Å². The first-order valence-electron chi connectivity index (χ1n) is 8.83. The number of carboxylic acid groups (broad SMARTS) is 1. The van der Waals surface area contributed by atoms with E-state index in [1.807, 2.05) is 0 Å². The SMILES string of the molecule is CCOP(=O)(OCC)C(CC(=O)OCCCC(=O)O)P(=O)(OCC)OCC. The highest BCUT2D eigenvalue weighted by molar-refractivity contribution is 7.72. The van der Waals surface area contributed by atoms with Crippen LogP contribution in [-0.4, -0.2) is 55.5 Å². The Morgan fingerprint density at radius 3 is 1.59 bits per heavy atom. The third-order valence-electron chi connectivity index (χ3n) is 3.11. The molecule has 10 nitrogen and oxygen atoms in total. The summed E-state index contributed by atoms with van der Waals surface area (Å²) in [6.45, 7) is 6.19. The van der Waals surface area contributed by atoms with Crippen LogP contribution in [0, 0.1) is 0 Å². The van der Waals surface area contributed by atoms with Crippen molar-refractivity contribution in [1.29, 1.82) is 0 Å². The summed E-state index contributed by atoms with van der Waals surface area (Å²) in [5.41, 5.74) is 0. The zero-order valence-corrected chi connectivity index (χ0v) is 18.0. The van der Waals surface area contributed by atoms with Crippen LogP contribution in [0.1, 0.15) is 47.0 Å². The highest BCUT2D eigenvalue weighted by atomic mass is 31.2. The van der Waals surface area contributed by atoms with Crippen molar-refractivity contribution in [1.82, 2.24) is 0 Å². The maximum Gasteiger partial charge on any atom is 0.346 e. The smallest absolute Gasteiger partial charge is 0.346 e. The Morgan fingerprint density at radius 1 is 0.852 bits per heavy atom. The van der Waals surface area contributed by atoms with Gasteiger partial charge in [-0.05, 0) is 34.1 Å². The summed E-state index contributed by atoms with van der Waals surface area (Å²) in [5.74, 6) is -1.84. The number of carbonyl (C=O) groups is 2. The van der Waals surface area contributed by atoms with Crippen molar-refractivity contribution in [2.75, 3.05) is 33.0 Å². The first kappa shape index (κ1) is 26.2. The molecule has 160 valence electrons. The van der Waals surface area contributed by atoms with Gasteiger partial charge in [-0.15, -0.1) is 0 Å². The van der Waals surface area contributed by atoms with Gasteiger partial charge in [0.2, 0.25) is 0 Å². The maximum absolute atomic E-state index is 13.2. The Kier molecular flexibility index (Phi) is 13.0. The highest BCUT2D eigenvalue weighted by Gasteiger charge is 2.52. The van der Waals surface area contributed by atoms with Crippen LogP contribution in [0.4, 0.5) is 0 Å². The van der Waals surface area contributed by atoms with Crippen molar-refractivity contribution < 1.29 is 46.7 Å².